The first-order chi connectivity index (χ1) is 6.84. The summed E-state index contributed by atoms with van der Waals surface area (Å²) in [5.74, 6) is 0.446. The summed E-state index contributed by atoms with van der Waals surface area (Å²) in [7, 11) is 0. The Morgan fingerprint density at radius 2 is 2.64 bits per heavy atom. The summed E-state index contributed by atoms with van der Waals surface area (Å²) in [4.78, 5) is 18.0. The monoisotopic (exact) mass is 196 g/mol. The van der Waals surface area contributed by atoms with Crippen LogP contribution in [0, 0.1) is 0 Å². The molecule has 2 rings (SSSR count). The fourth-order valence-electron chi connectivity index (χ4n) is 1.31. The molecule has 1 aliphatic rings. The molecule has 76 valence electrons. The van der Waals surface area contributed by atoms with Crippen LogP contribution in [0.2, 0.25) is 0 Å². The second-order valence-electron chi connectivity index (χ2n) is 3.10. The van der Waals surface area contributed by atoms with Gasteiger partial charge in [-0.3, -0.25) is 5.32 Å². The van der Waals surface area contributed by atoms with Gasteiger partial charge in [0.05, 0.1) is 12.6 Å². The third-order valence-corrected chi connectivity index (χ3v) is 2.00. The Kier molecular flexibility index (Phi) is 2.64. The van der Waals surface area contributed by atoms with E-state index in [4.69, 9.17) is 4.74 Å². The molecule has 2 amide bonds. The summed E-state index contributed by atoms with van der Waals surface area (Å²) in [5.41, 5.74) is 0. The summed E-state index contributed by atoms with van der Waals surface area (Å²) in [6.45, 7) is 1.30. The second-order valence-corrected chi connectivity index (χ2v) is 3.10. The minimum absolute atomic E-state index is 0.116. The third-order valence-electron chi connectivity index (χ3n) is 2.00. The molecule has 1 atom stereocenters. The van der Waals surface area contributed by atoms with Gasteiger partial charge in [-0.05, 0) is 6.42 Å². The van der Waals surface area contributed by atoms with Gasteiger partial charge < -0.3 is 15.0 Å². The summed E-state index contributed by atoms with van der Waals surface area (Å²) in [6.07, 6.45) is 4.09. The van der Waals surface area contributed by atoms with E-state index in [-0.39, 0.29) is 12.1 Å². The van der Waals surface area contributed by atoms with Gasteiger partial charge in [-0.15, -0.1) is 0 Å². The predicted octanol–water partition coefficient (Wildman–Crippen LogP) is 0.320. The number of urea groups is 1. The lowest BCUT2D eigenvalue weighted by molar-refractivity contribution is 0.189. The van der Waals surface area contributed by atoms with E-state index in [0.29, 0.717) is 19.2 Å². The van der Waals surface area contributed by atoms with Crippen LogP contribution >= 0.6 is 0 Å². The number of amides is 2. The lowest BCUT2D eigenvalue weighted by Crippen LogP contribution is -2.38. The molecule has 1 saturated heterocycles. The maximum atomic E-state index is 11.3. The zero-order chi connectivity index (χ0) is 9.80. The molecular formula is C8H12N4O2. The quantitative estimate of drug-likeness (QED) is 0.637. The number of hydrogen-bond donors (Lipinski definition) is 3. The number of aromatic nitrogens is 2. The van der Waals surface area contributed by atoms with Crippen LogP contribution in [-0.2, 0) is 4.74 Å². The van der Waals surface area contributed by atoms with Gasteiger partial charge in [0, 0.05) is 19.0 Å². The summed E-state index contributed by atoms with van der Waals surface area (Å²) < 4.78 is 5.13. The number of nitrogens with zero attached hydrogens (tertiary/aromatic N) is 1. The maximum Gasteiger partial charge on any atom is 0.321 e. The van der Waals surface area contributed by atoms with E-state index in [9.17, 15) is 4.79 Å². The second kappa shape index (κ2) is 4.10. The molecule has 0 aromatic carbocycles. The zero-order valence-electron chi connectivity index (χ0n) is 7.62. The van der Waals surface area contributed by atoms with Crippen molar-refractivity contribution in [3.63, 3.8) is 0 Å². The number of anilines is 1. The largest absolute Gasteiger partial charge is 0.379 e. The third kappa shape index (κ3) is 2.23. The van der Waals surface area contributed by atoms with Crippen LogP contribution in [0.4, 0.5) is 10.7 Å². The van der Waals surface area contributed by atoms with Crippen molar-refractivity contribution in [2.75, 3.05) is 18.5 Å². The zero-order valence-corrected chi connectivity index (χ0v) is 7.62. The standard InChI is InChI=1S/C8H12N4O2/c13-8(11-6-1-4-14-5-6)12-7-9-2-3-10-7/h2-3,6H,1,4-5H2,(H3,9,10,11,12,13). The molecule has 6 heteroatoms. The van der Waals surface area contributed by atoms with E-state index in [0.717, 1.165) is 6.42 Å². The van der Waals surface area contributed by atoms with Crippen LogP contribution in [0.5, 0.6) is 0 Å². The lowest BCUT2D eigenvalue weighted by Gasteiger charge is -2.09. The molecular weight excluding hydrogens is 184 g/mol. The van der Waals surface area contributed by atoms with Crippen molar-refractivity contribution in [2.24, 2.45) is 0 Å². The van der Waals surface area contributed by atoms with Gasteiger partial charge in [-0.2, -0.15) is 0 Å². The molecule has 0 aliphatic carbocycles. The molecule has 3 N–H and O–H groups in total. The van der Waals surface area contributed by atoms with Gasteiger partial charge in [0.1, 0.15) is 0 Å². The van der Waals surface area contributed by atoms with Crippen LogP contribution in [0.3, 0.4) is 0 Å². The van der Waals surface area contributed by atoms with Crippen LogP contribution in [0.15, 0.2) is 12.4 Å². The van der Waals surface area contributed by atoms with Crippen LogP contribution < -0.4 is 10.6 Å². The average Bonchev–Trinajstić information content (AvgIpc) is 2.76. The van der Waals surface area contributed by atoms with Gasteiger partial charge >= 0.3 is 6.03 Å². The van der Waals surface area contributed by atoms with E-state index in [1.807, 2.05) is 0 Å². The van der Waals surface area contributed by atoms with Gasteiger partial charge in [-0.25, -0.2) is 9.78 Å². The molecule has 14 heavy (non-hydrogen) atoms. The highest BCUT2D eigenvalue weighted by molar-refractivity contribution is 5.87. The number of nitrogens with one attached hydrogen (secondary N) is 3. The van der Waals surface area contributed by atoms with Crippen molar-refractivity contribution in [1.82, 2.24) is 15.3 Å². The lowest BCUT2D eigenvalue weighted by atomic mass is 10.3. The normalized spacial score (nSPS) is 20.7. The van der Waals surface area contributed by atoms with E-state index in [1.54, 1.807) is 12.4 Å². The number of ether oxygens (including phenoxy) is 1. The Bertz CT molecular complexity index is 292. The summed E-state index contributed by atoms with van der Waals surface area (Å²) >= 11 is 0. The first-order valence-electron chi connectivity index (χ1n) is 4.49. The molecule has 0 spiro atoms. The minimum atomic E-state index is -0.254. The Morgan fingerprint density at radius 1 is 1.71 bits per heavy atom. The van der Waals surface area contributed by atoms with Crippen LogP contribution in [-0.4, -0.2) is 35.3 Å². The van der Waals surface area contributed by atoms with Gasteiger partial charge in [0.2, 0.25) is 5.95 Å². The maximum absolute atomic E-state index is 11.3. The Balaban J connectivity index is 1.78. The van der Waals surface area contributed by atoms with Crippen molar-refractivity contribution in [3.8, 4) is 0 Å². The number of carbonyl (C=O) groups is 1. The molecule has 0 radical (unpaired) electrons. The Hall–Kier alpha value is -1.56. The SMILES string of the molecule is O=C(Nc1ncc[nH]1)NC1CCOC1. The number of carbonyl (C=O) groups excluding carboxylic acids is 1. The summed E-state index contributed by atoms with van der Waals surface area (Å²) in [6, 6.07) is -0.139. The van der Waals surface area contributed by atoms with Gasteiger partial charge in [0.15, 0.2) is 0 Å². The van der Waals surface area contributed by atoms with E-state index >= 15 is 0 Å². The van der Waals surface area contributed by atoms with Crippen molar-refractivity contribution in [1.29, 1.82) is 0 Å². The van der Waals surface area contributed by atoms with Gasteiger partial charge in [-0.1, -0.05) is 0 Å². The molecule has 6 nitrogen and oxygen atoms in total. The van der Waals surface area contributed by atoms with Crippen LogP contribution in [0.25, 0.3) is 0 Å². The molecule has 0 saturated carbocycles. The first kappa shape index (κ1) is 9.01. The molecule has 1 fully saturated rings. The minimum Gasteiger partial charge on any atom is -0.379 e. The van der Waals surface area contributed by atoms with E-state index < -0.39 is 0 Å². The number of rotatable bonds is 2. The number of imidazole rings is 1. The molecule has 1 unspecified atom stereocenters. The van der Waals surface area contributed by atoms with E-state index in [2.05, 4.69) is 20.6 Å². The number of aromatic amines is 1. The van der Waals surface area contributed by atoms with Crippen molar-refractivity contribution >= 4 is 12.0 Å². The average molecular weight is 196 g/mol. The summed E-state index contributed by atoms with van der Waals surface area (Å²) in [5, 5.41) is 5.36. The molecule has 1 aliphatic heterocycles. The van der Waals surface area contributed by atoms with Crippen molar-refractivity contribution in [3.05, 3.63) is 12.4 Å². The van der Waals surface area contributed by atoms with E-state index in [1.165, 1.54) is 0 Å². The van der Waals surface area contributed by atoms with Crippen molar-refractivity contribution in [2.45, 2.75) is 12.5 Å². The predicted molar refractivity (Wildman–Crippen MR) is 50.0 cm³/mol. The Labute approximate surface area is 81.1 Å². The number of hydrogen-bond acceptors (Lipinski definition) is 3. The first-order valence-corrected chi connectivity index (χ1v) is 4.49. The Morgan fingerprint density at radius 3 is 3.29 bits per heavy atom. The smallest absolute Gasteiger partial charge is 0.321 e. The highest BCUT2D eigenvalue weighted by Gasteiger charge is 2.17. The van der Waals surface area contributed by atoms with Crippen LogP contribution in [0.1, 0.15) is 6.42 Å². The van der Waals surface area contributed by atoms with Crippen molar-refractivity contribution < 1.29 is 9.53 Å². The van der Waals surface area contributed by atoms with Gasteiger partial charge in [0.25, 0.3) is 0 Å². The fourth-order valence-corrected chi connectivity index (χ4v) is 1.31. The molecule has 1 aromatic heterocycles. The highest BCUT2D eigenvalue weighted by Crippen LogP contribution is 2.03. The number of H-pyrrole nitrogens is 1. The fraction of sp³-hybridized carbons (Fsp3) is 0.500. The topological polar surface area (TPSA) is 79.0 Å². The molecule has 1 aromatic rings. The molecule has 0 bridgehead atoms. The molecule has 2 heterocycles. The highest BCUT2D eigenvalue weighted by atomic mass is 16.5.